The monoisotopic (exact) mass is 439 g/mol. The van der Waals surface area contributed by atoms with E-state index in [1.807, 2.05) is 0 Å². The fourth-order valence-corrected chi connectivity index (χ4v) is 4.50. The maximum Gasteiger partial charge on any atom is 0.255 e. The molecule has 2 unspecified atom stereocenters. The van der Waals surface area contributed by atoms with E-state index < -0.39 is 5.82 Å². The summed E-state index contributed by atoms with van der Waals surface area (Å²) in [4.78, 5) is 25.8. The van der Waals surface area contributed by atoms with Crippen molar-refractivity contribution in [2.45, 2.75) is 32.4 Å². The van der Waals surface area contributed by atoms with E-state index in [9.17, 15) is 9.18 Å². The van der Waals surface area contributed by atoms with E-state index >= 15 is 0 Å². The largest absolute Gasteiger partial charge is 0.377 e. The van der Waals surface area contributed by atoms with Crippen LogP contribution in [0, 0.1) is 11.7 Å². The van der Waals surface area contributed by atoms with Crippen molar-refractivity contribution < 1.29 is 9.13 Å². The van der Waals surface area contributed by atoms with Gasteiger partial charge in [0.05, 0.1) is 18.0 Å². The molecule has 170 valence electrons. The second-order valence-electron chi connectivity index (χ2n) is 8.41. The van der Waals surface area contributed by atoms with Crippen molar-refractivity contribution in [2.24, 2.45) is 13.0 Å². The molecule has 3 heterocycles. The van der Waals surface area contributed by atoms with Gasteiger partial charge in [-0.05, 0) is 18.6 Å². The highest BCUT2D eigenvalue weighted by Gasteiger charge is 2.30. The van der Waals surface area contributed by atoms with E-state index in [0.717, 1.165) is 25.7 Å². The first kappa shape index (κ1) is 22.2. The highest BCUT2D eigenvalue weighted by molar-refractivity contribution is 5.60. The van der Waals surface area contributed by atoms with Crippen molar-refractivity contribution in [3.8, 4) is 11.3 Å². The molecule has 0 spiro atoms. The van der Waals surface area contributed by atoms with Gasteiger partial charge >= 0.3 is 0 Å². The Morgan fingerprint density at radius 2 is 2.12 bits per heavy atom. The van der Waals surface area contributed by atoms with E-state index in [4.69, 9.17) is 9.72 Å². The van der Waals surface area contributed by atoms with Gasteiger partial charge in [0.2, 0.25) is 5.95 Å². The van der Waals surface area contributed by atoms with Crippen molar-refractivity contribution in [1.82, 2.24) is 19.4 Å². The Morgan fingerprint density at radius 3 is 2.81 bits per heavy atom. The van der Waals surface area contributed by atoms with Crippen LogP contribution in [0.2, 0.25) is 0 Å². The van der Waals surface area contributed by atoms with Gasteiger partial charge in [0, 0.05) is 69.3 Å². The molecule has 0 saturated carbocycles. The minimum absolute atomic E-state index is 0.108. The van der Waals surface area contributed by atoms with Gasteiger partial charge in [-0.25, -0.2) is 9.37 Å². The van der Waals surface area contributed by atoms with Crippen molar-refractivity contribution in [3.63, 3.8) is 0 Å². The van der Waals surface area contributed by atoms with Gasteiger partial charge in [-0.15, -0.1) is 0 Å². The number of piperazine rings is 1. The fraction of sp³-hybridized carbons (Fsp3) is 0.458. The number of ether oxygens (including phenoxy) is 1. The first-order valence-electron chi connectivity index (χ1n) is 11.0. The third-order valence-electron chi connectivity index (χ3n) is 6.42. The van der Waals surface area contributed by atoms with Crippen molar-refractivity contribution in [1.29, 1.82) is 0 Å². The molecule has 3 atom stereocenters. The Morgan fingerprint density at radius 1 is 1.31 bits per heavy atom. The van der Waals surface area contributed by atoms with Crippen LogP contribution in [0.3, 0.4) is 0 Å². The lowest BCUT2D eigenvalue weighted by molar-refractivity contribution is 0.109. The molecule has 1 fully saturated rings. The minimum Gasteiger partial charge on any atom is -0.377 e. The van der Waals surface area contributed by atoms with Crippen LogP contribution in [0.15, 0.2) is 53.2 Å². The first-order valence-corrected chi connectivity index (χ1v) is 11.0. The number of nitrogens with zero attached hydrogens (tertiary/aromatic N) is 5. The SMILES string of the molecule is CC[C@@H]1CN(C2=CC(C)C(OC)C=C2)CCN1c1nc(-c2ccncc2F)cc(=O)n1C. The Labute approximate surface area is 187 Å². The van der Waals surface area contributed by atoms with Gasteiger partial charge in [-0.2, -0.15) is 0 Å². The van der Waals surface area contributed by atoms with E-state index in [0.29, 0.717) is 24.1 Å². The third-order valence-corrected chi connectivity index (χ3v) is 6.42. The standard InChI is InChI=1S/C24H30FN5O2/c1-5-17-15-29(18-6-7-22(32-4)16(2)12-18)10-11-30(17)24-27-21(13-23(31)28(24)3)19-8-9-26-14-20(19)25/h6-9,12-14,16-17,22H,5,10-11,15H2,1-4H3/t16?,17-,22?/m1/s1. The second-order valence-corrected chi connectivity index (χ2v) is 8.41. The fourth-order valence-electron chi connectivity index (χ4n) is 4.50. The van der Waals surface area contributed by atoms with Crippen LogP contribution in [0.4, 0.5) is 10.3 Å². The van der Waals surface area contributed by atoms with E-state index in [-0.39, 0.29) is 23.3 Å². The Bertz CT molecular complexity index is 1100. The molecule has 2 aliphatic rings. The Hall–Kier alpha value is -3.00. The summed E-state index contributed by atoms with van der Waals surface area (Å²) in [5.74, 6) is 0.388. The van der Waals surface area contributed by atoms with Crippen molar-refractivity contribution >= 4 is 5.95 Å². The number of anilines is 1. The van der Waals surface area contributed by atoms with E-state index in [1.54, 1.807) is 24.8 Å². The molecule has 0 radical (unpaired) electrons. The summed E-state index contributed by atoms with van der Waals surface area (Å²) in [5, 5.41) is 0. The van der Waals surface area contributed by atoms with E-state index in [2.05, 4.69) is 46.9 Å². The lowest BCUT2D eigenvalue weighted by Gasteiger charge is -2.44. The molecule has 0 aromatic carbocycles. The van der Waals surface area contributed by atoms with Gasteiger partial charge in [-0.3, -0.25) is 14.3 Å². The summed E-state index contributed by atoms with van der Waals surface area (Å²) in [6.07, 6.45) is 10.2. The quantitative estimate of drug-likeness (QED) is 0.714. The van der Waals surface area contributed by atoms with Crippen LogP contribution >= 0.6 is 0 Å². The zero-order chi connectivity index (χ0) is 22.8. The van der Waals surface area contributed by atoms with Gasteiger partial charge in [0.25, 0.3) is 5.56 Å². The number of aromatic nitrogens is 3. The molecule has 32 heavy (non-hydrogen) atoms. The predicted octanol–water partition coefficient (Wildman–Crippen LogP) is 2.99. The number of pyridine rings is 1. The Kier molecular flexibility index (Phi) is 6.41. The van der Waals surface area contributed by atoms with Gasteiger partial charge in [0.15, 0.2) is 5.82 Å². The molecule has 1 aliphatic carbocycles. The summed E-state index contributed by atoms with van der Waals surface area (Å²) >= 11 is 0. The average Bonchev–Trinajstić information content (AvgIpc) is 2.80. The number of allylic oxidation sites excluding steroid dienone is 1. The van der Waals surface area contributed by atoms with Gasteiger partial charge < -0.3 is 14.5 Å². The molecule has 0 bridgehead atoms. The highest BCUT2D eigenvalue weighted by atomic mass is 19.1. The Balaban J connectivity index is 1.62. The van der Waals surface area contributed by atoms with Crippen LogP contribution in [0.5, 0.6) is 0 Å². The number of halogens is 1. The summed E-state index contributed by atoms with van der Waals surface area (Å²) in [6, 6.07) is 3.10. The zero-order valence-electron chi connectivity index (χ0n) is 19.0. The molecule has 7 nitrogen and oxygen atoms in total. The lowest BCUT2D eigenvalue weighted by atomic mass is 9.96. The molecule has 1 aliphatic heterocycles. The molecular weight excluding hydrogens is 409 g/mol. The zero-order valence-corrected chi connectivity index (χ0v) is 19.0. The molecule has 0 N–H and O–H groups in total. The van der Waals surface area contributed by atoms with Crippen LogP contribution < -0.4 is 10.5 Å². The van der Waals surface area contributed by atoms with Crippen LogP contribution in [-0.4, -0.2) is 58.3 Å². The normalized spacial score (nSPS) is 23.4. The van der Waals surface area contributed by atoms with Crippen LogP contribution in [0.25, 0.3) is 11.3 Å². The second kappa shape index (κ2) is 9.24. The highest BCUT2D eigenvalue weighted by Crippen LogP contribution is 2.28. The van der Waals surface area contributed by atoms with Gasteiger partial charge in [-0.1, -0.05) is 26.0 Å². The van der Waals surface area contributed by atoms with Gasteiger partial charge in [0.1, 0.15) is 0 Å². The molecular formula is C24H30FN5O2. The van der Waals surface area contributed by atoms with Crippen LogP contribution in [-0.2, 0) is 11.8 Å². The van der Waals surface area contributed by atoms with Crippen molar-refractivity contribution in [3.05, 3.63) is 64.6 Å². The first-order chi connectivity index (χ1) is 15.4. The maximum absolute atomic E-state index is 14.3. The maximum atomic E-state index is 14.3. The smallest absolute Gasteiger partial charge is 0.255 e. The van der Waals surface area contributed by atoms with Crippen LogP contribution in [0.1, 0.15) is 20.3 Å². The number of hydrogen-bond acceptors (Lipinski definition) is 6. The van der Waals surface area contributed by atoms with Crippen molar-refractivity contribution in [2.75, 3.05) is 31.6 Å². The molecule has 2 aromatic heterocycles. The lowest BCUT2D eigenvalue weighted by Crippen LogP contribution is -2.54. The number of rotatable bonds is 5. The number of hydrogen-bond donors (Lipinski definition) is 0. The summed E-state index contributed by atoms with van der Waals surface area (Å²) < 4.78 is 21.4. The molecule has 8 heteroatoms. The molecule has 1 saturated heterocycles. The average molecular weight is 440 g/mol. The van der Waals surface area contributed by atoms with E-state index in [1.165, 1.54) is 18.0 Å². The third kappa shape index (κ3) is 4.19. The summed E-state index contributed by atoms with van der Waals surface area (Å²) in [7, 11) is 3.45. The number of methoxy groups -OCH3 is 1. The minimum atomic E-state index is -0.490. The molecule has 0 amide bonds. The topological polar surface area (TPSA) is 63.5 Å². The summed E-state index contributed by atoms with van der Waals surface area (Å²) in [6.45, 7) is 6.64. The predicted molar refractivity (Wildman–Crippen MR) is 123 cm³/mol. The molecule has 4 rings (SSSR count). The summed E-state index contributed by atoms with van der Waals surface area (Å²) in [5.41, 5.74) is 1.61. The molecule has 2 aromatic rings.